The lowest BCUT2D eigenvalue weighted by Gasteiger charge is -2.35. The molecule has 0 saturated carbocycles. The van der Waals surface area contributed by atoms with Gasteiger partial charge in [-0.1, -0.05) is 12.7 Å². The Morgan fingerprint density at radius 3 is 2.50 bits per heavy atom. The van der Waals surface area contributed by atoms with Gasteiger partial charge in [-0.15, -0.1) is 0 Å². The number of anilines is 1. The van der Waals surface area contributed by atoms with Crippen LogP contribution in [0.5, 0.6) is 0 Å². The van der Waals surface area contributed by atoms with Gasteiger partial charge in [0.15, 0.2) is 0 Å². The maximum absolute atomic E-state index is 11.3. The summed E-state index contributed by atoms with van der Waals surface area (Å²) in [5, 5.41) is 0. The van der Waals surface area contributed by atoms with Crippen molar-refractivity contribution in [2.45, 2.75) is 13.8 Å². The molecule has 1 aromatic heterocycles. The van der Waals surface area contributed by atoms with E-state index in [4.69, 9.17) is 0 Å². The van der Waals surface area contributed by atoms with E-state index in [-0.39, 0.29) is 5.91 Å². The fraction of sp³-hybridized carbons (Fsp3) is 0.429. The molecule has 1 aromatic rings. The third kappa shape index (κ3) is 2.53. The molecular formula is C14H19N3O. The first-order valence-corrected chi connectivity index (χ1v) is 6.22. The first kappa shape index (κ1) is 12.6. The van der Waals surface area contributed by atoms with E-state index < -0.39 is 0 Å². The molecule has 1 saturated heterocycles. The van der Waals surface area contributed by atoms with E-state index in [1.807, 2.05) is 30.0 Å². The van der Waals surface area contributed by atoms with Gasteiger partial charge in [0.2, 0.25) is 5.91 Å². The van der Waals surface area contributed by atoms with Gasteiger partial charge in [-0.3, -0.25) is 4.79 Å². The monoisotopic (exact) mass is 245 g/mol. The summed E-state index contributed by atoms with van der Waals surface area (Å²) in [6.07, 6.45) is 1.82. The van der Waals surface area contributed by atoms with Crippen LogP contribution in [0.3, 0.4) is 0 Å². The Morgan fingerprint density at radius 1 is 1.33 bits per heavy atom. The Bertz CT molecular complexity index is 462. The SMILES string of the molecule is C=Cc1ccc(N2CCN(C(C)=O)CC2)nc1C. The maximum Gasteiger partial charge on any atom is 0.219 e. The molecule has 0 aliphatic carbocycles. The molecule has 0 bridgehead atoms. The number of amides is 1. The van der Waals surface area contributed by atoms with Gasteiger partial charge >= 0.3 is 0 Å². The lowest BCUT2D eigenvalue weighted by Crippen LogP contribution is -2.48. The van der Waals surface area contributed by atoms with Crippen molar-refractivity contribution in [3.05, 3.63) is 30.0 Å². The average Bonchev–Trinajstić information content (AvgIpc) is 2.38. The second kappa shape index (κ2) is 5.21. The normalized spacial score (nSPS) is 15.7. The van der Waals surface area contributed by atoms with E-state index in [0.717, 1.165) is 43.3 Å². The highest BCUT2D eigenvalue weighted by molar-refractivity contribution is 5.73. The van der Waals surface area contributed by atoms with Gasteiger partial charge < -0.3 is 9.80 Å². The number of aromatic nitrogens is 1. The zero-order valence-electron chi connectivity index (χ0n) is 11.0. The van der Waals surface area contributed by atoms with Crippen LogP contribution in [0, 0.1) is 6.92 Å². The van der Waals surface area contributed by atoms with Gasteiger partial charge in [0.05, 0.1) is 0 Å². The first-order chi connectivity index (χ1) is 8.61. The highest BCUT2D eigenvalue weighted by atomic mass is 16.2. The minimum absolute atomic E-state index is 0.154. The fourth-order valence-corrected chi connectivity index (χ4v) is 2.20. The molecule has 96 valence electrons. The van der Waals surface area contributed by atoms with E-state index >= 15 is 0 Å². The Balaban J connectivity index is 2.08. The number of rotatable bonds is 2. The molecular weight excluding hydrogens is 226 g/mol. The van der Waals surface area contributed by atoms with Crippen LogP contribution in [0.1, 0.15) is 18.2 Å². The predicted molar refractivity (Wildman–Crippen MR) is 73.5 cm³/mol. The van der Waals surface area contributed by atoms with E-state index in [1.54, 1.807) is 6.92 Å². The van der Waals surface area contributed by atoms with Crippen molar-refractivity contribution in [3.63, 3.8) is 0 Å². The Kier molecular flexibility index (Phi) is 3.65. The standard InChI is InChI=1S/C14H19N3O/c1-4-13-5-6-14(15-11(13)2)17-9-7-16(8-10-17)12(3)18/h4-6H,1,7-10H2,2-3H3. The van der Waals surface area contributed by atoms with Gasteiger partial charge in [0.25, 0.3) is 0 Å². The second-order valence-corrected chi connectivity index (χ2v) is 4.54. The zero-order valence-corrected chi connectivity index (χ0v) is 11.0. The Morgan fingerprint density at radius 2 is 2.00 bits per heavy atom. The van der Waals surface area contributed by atoms with Gasteiger partial charge in [0, 0.05) is 38.8 Å². The summed E-state index contributed by atoms with van der Waals surface area (Å²) >= 11 is 0. The van der Waals surface area contributed by atoms with E-state index in [2.05, 4.69) is 16.5 Å². The van der Waals surface area contributed by atoms with Crippen molar-refractivity contribution in [2.24, 2.45) is 0 Å². The molecule has 0 spiro atoms. The molecule has 1 aliphatic heterocycles. The van der Waals surface area contributed by atoms with Gasteiger partial charge in [-0.05, 0) is 24.6 Å². The topological polar surface area (TPSA) is 36.4 Å². The van der Waals surface area contributed by atoms with Crippen molar-refractivity contribution < 1.29 is 4.79 Å². The molecule has 1 amide bonds. The van der Waals surface area contributed by atoms with Crippen molar-refractivity contribution in [1.29, 1.82) is 0 Å². The van der Waals surface area contributed by atoms with E-state index in [9.17, 15) is 4.79 Å². The summed E-state index contributed by atoms with van der Waals surface area (Å²) in [7, 11) is 0. The maximum atomic E-state index is 11.3. The summed E-state index contributed by atoms with van der Waals surface area (Å²) in [6.45, 7) is 10.6. The quantitative estimate of drug-likeness (QED) is 0.795. The smallest absolute Gasteiger partial charge is 0.219 e. The van der Waals surface area contributed by atoms with Gasteiger partial charge in [-0.25, -0.2) is 4.98 Å². The predicted octanol–water partition coefficient (Wildman–Crippen LogP) is 1.70. The number of piperazine rings is 1. The highest BCUT2D eigenvalue weighted by Crippen LogP contribution is 2.17. The number of aryl methyl sites for hydroxylation is 1. The molecule has 4 nitrogen and oxygen atoms in total. The van der Waals surface area contributed by atoms with Crippen molar-refractivity contribution in [1.82, 2.24) is 9.88 Å². The van der Waals surface area contributed by atoms with Crippen LogP contribution >= 0.6 is 0 Å². The number of carbonyl (C=O) groups is 1. The summed E-state index contributed by atoms with van der Waals surface area (Å²) in [5.41, 5.74) is 2.07. The number of pyridine rings is 1. The summed E-state index contributed by atoms with van der Waals surface area (Å²) in [4.78, 5) is 19.9. The molecule has 2 heterocycles. The van der Waals surface area contributed by atoms with Crippen LogP contribution < -0.4 is 4.90 Å². The molecule has 0 unspecified atom stereocenters. The molecule has 1 fully saturated rings. The second-order valence-electron chi connectivity index (χ2n) is 4.54. The Hall–Kier alpha value is -1.84. The number of hydrogen-bond acceptors (Lipinski definition) is 3. The minimum Gasteiger partial charge on any atom is -0.353 e. The van der Waals surface area contributed by atoms with Crippen LogP contribution in [0.25, 0.3) is 6.08 Å². The van der Waals surface area contributed by atoms with E-state index in [1.165, 1.54) is 0 Å². The van der Waals surface area contributed by atoms with Crippen molar-refractivity contribution in [3.8, 4) is 0 Å². The highest BCUT2D eigenvalue weighted by Gasteiger charge is 2.19. The Labute approximate surface area is 108 Å². The fourth-order valence-electron chi connectivity index (χ4n) is 2.20. The van der Waals surface area contributed by atoms with Crippen LogP contribution in [0.4, 0.5) is 5.82 Å². The number of hydrogen-bond donors (Lipinski definition) is 0. The summed E-state index contributed by atoms with van der Waals surface area (Å²) in [6, 6.07) is 4.06. The summed E-state index contributed by atoms with van der Waals surface area (Å²) < 4.78 is 0. The lowest BCUT2D eigenvalue weighted by atomic mass is 10.2. The summed E-state index contributed by atoms with van der Waals surface area (Å²) in [5.74, 6) is 1.14. The minimum atomic E-state index is 0.154. The van der Waals surface area contributed by atoms with Crippen LogP contribution in [0.15, 0.2) is 18.7 Å². The van der Waals surface area contributed by atoms with Crippen LogP contribution in [-0.2, 0) is 4.79 Å². The largest absolute Gasteiger partial charge is 0.353 e. The first-order valence-electron chi connectivity index (χ1n) is 6.22. The molecule has 0 N–H and O–H groups in total. The van der Waals surface area contributed by atoms with Gasteiger partial charge in [-0.2, -0.15) is 0 Å². The molecule has 0 radical (unpaired) electrons. The third-order valence-corrected chi connectivity index (χ3v) is 3.38. The van der Waals surface area contributed by atoms with E-state index in [0.29, 0.717) is 0 Å². The number of nitrogens with zero attached hydrogens (tertiary/aromatic N) is 3. The molecule has 0 atom stereocenters. The molecule has 18 heavy (non-hydrogen) atoms. The van der Waals surface area contributed by atoms with Crippen molar-refractivity contribution in [2.75, 3.05) is 31.1 Å². The molecule has 2 rings (SSSR count). The average molecular weight is 245 g/mol. The third-order valence-electron chi connectivity index (χ3n) is 3.38. The zero-order chi connectivity index (χ0) is 13.1. The van der Waals surface area contributed by atoms with Gasteiger partial charge in [0.1, 0.15) is 5.82 Å². The van der Waals surface area contributed by atoms with Crippen molar-refractivity contribution >= 4 is 17.8 Å². The number of carbonyl (C=O) groups excluding carboxylic acids is 1. The van der Waals surface area contributed by atoms with Crippen LogP contribution in [-0.4, -0.2) is 42.0 Å². The van der Waals surface area contributed by atoms with Crippen LogP contribution in [0.2, 0.25) is 0 Å². The molecule has 4 heteroatoms. The molecule has 0 aromatic carbocycles. The lowest BCUT2D eigenvalue weighted by molar-refractivity contribution is -0.129. The molecule has 1 aliphatic rings.